The molecule has 0 saturated heterocycles. The number of hydrogen-bond donors (Lipinski definition) is 2. The molecule has 0 fully saturated rings. The third kappa shape index (κ3) is 2.30. The lowest BCUT2D eigenvalue weighted by molar-refractivity contribution is 0.267. The maximum absolute atomic E-state index is 8.78. The molecule has 5 heteroatoms. The van der Waals surface area contributed by atoms with E-state index in [0.29, 0.717) is 16.5 Å². The molecule has 0 saturated carbocycles. The smallest absolute Gasteiger partial charge is 0.232 e. The van der Waals surface area contributed by atoms with Crippen molar-refractivity contribution in [2.45, 2.75) is 6.04 Å². The Bertz CT molecular complexity index is 293. The van der Waals surface area contributed by atoms with E-state index in [-0.39, 0.29) is 6.61 Å². The Morgan fingerprint density at radius 2 is 2.46 bits per heavy atom. The van der Waals surface area contributed by atoms with Crippen molar-refractivity contribution in [3.8, 4) is 5.88 Å². The number of nitrogens with two attached hydrogens (primary N) is 1. The minimum Gasteiger partial charge on any atom is -0.480 e. The lowest BCUT2D eigenvalue weighted by Crippen LogP contribution is -2.14. The van der Waals surface area contributed by atoms with E-state index in [1.54, 1.807) is 6.07 Å². The van der Waals surface area contributed by atoms with Gasteiger partial charge in [-0.15, -0.1) is 0 Å². The molecule has 1 rings (SSSR count). The van der Waals surface area contributed by atoms with Crippen LogP contribution in [0.1, 0.15) is 11.6 Å². The minimum atomic E-state index is -0.448. The van der Waals surface area contributed by atoms with Gasteiger partial charge in [-0.1, -0.05) is 11.6 Å². The minimum absolute atomic E-state index is 0.135. The van der Waals surface area contributed by atoms with E-state index in [1.807, 2.05) is 0 Å². The molecule has 13 heavy (non-hydrogen) atoms. The molecule has 0 aliphatic heterocycles. The fourth-order valence-electron chi connectivity index (χ4n) is 0.899. The van der Waals surface area contributed by atoms with Gasteiger partial charge >= 0.3 is 0 Å². The summed E-state index contributed by atoms with van der Waals surface area (Å²) in [6, 6.07) is 1.18. The molecule has 0 unspecified atom stereocenters. The van der Waals surface area contributed by atoms with Crippen molar-refractivity contribution in [2.24, 2.45) is 5.73 Å². The number of aliphatic hydroxyl groups is 1. The molecule has 1 atom stereocenters. The van der Waals surface area contributed by atoms with Crippen LogP contribution in [0.2, 0.25) is 5.02 Å². The van der Waals surface area contributed by atoms with Crippen LogP contribution >= 0.6 is 11.6 Å². The molecular formula is C8H11ClN2O2. The normalized spacial score (nSPS) is 12.6. The first-order chi connectivity index (χ1) is 6.19. The van der Waals surface area contributed by atoms with Crippen LogP contribution in [-0.2, 0) is 0 Å². The van der Waals surface area contributed by atoms with Crippen molar-refractivity contribution in [3.63, 3.8) is 0 Å². The van der Waals surface area contributed by atoms with Gasteiger partial charge in [-0.25, -0.2) is 4.98 Å². The van der Waals surface area contributed by atoms with Gasteiger partial charge in [0.1, 0.15) is 5.02 Å². The summed E-state index contributed by atoms with van der Waals surface area (Å²) in [5, 5.41) is 9.17. The van der Waals surface area contributed by atoms with Crippen LogP contribution < -0.4 is 10.5 Å². The van der Waals surface area contributed by atoms with E-state index in [4.69, 9.17) is 27.2 Å². The second kappa shape index (κ2) is 4.41. The first-order valence-corrected chi connectivity index (χ1v) is 4.12. The van der Waals surface area contributed by atoms with Crippen LogP contribution in [0.3, 0.4) is 0 Å². The molecule has 0 amide bonds. The van der Waals surface area contributed by atoms with Crippen LogP contribution in [0.4, 0.5) is 0 Å². The summed E-state index contributed by atoms with van der Waals surface area (Å²) in [5.41, 5.74) is 6.25. The summed E-state index contributed by atoms with van der Waals surface area (Å²) >= 11 is 5.81. The topological polar surface area (TPSA) is 68.4 Å². The number of halogens is 1. The third-order valence-electron chi connectivity index (χ3n) is 1.65. The molecule has 1 aromatic heterocycles. The van der Waals surface area contributed by atoms with Crippen LogP contribution in [-0.4, -0.2) is 23.8 Å². The van der Waals surface area contributed by atoms with E-state index < -0.39 is 6.04 Å². The maximum atomic E-state index is 8.78. The Hall–Kier alpha value is -0.840. The number of rotatable bonds is 3. The summed E-state index contributed by atoms with van der Waals surface area (Å²) < 4.78 is 4.87. The molecule has 0 spiro atoms. The van der Waals surface area contributed by atoms with E-state index in [1.165, 1.54) is 13.3 Å². The molecule has 0 aliphatic rings. The summed E-state index contributed by atoms with van der Waals surface area (Å²) in [5.74, 6) is 0.357. The molecule has 1 heterocycles. The quantitative estimate of drug-likeness (QED) is 0.759. The lowest BCUT2D eigenvalue weighted by Gasteiger charge is -2.09. The number of pyridine rings is 1. The van der Waals surface area contributed by atoms with Gasteiger partial charge in [-0.3, -0.25) is 0 Å². The molecule has 72 valence electrons. The average Bonchev–Trinajstić information content (AvgIpc) is 2.16. The molecule has 0 radical (unpaired) electrons. The summed E-state index contributed by atoms with van der Waals surface area (Å²) in [7, 11) is 1.49. The van der Waals surface area contributed by atoms with Gasteiger partial charge < -0.3 is 15.6 Å². The van der Waals surface area contributed by atoms with Gasteiger partial charge in [0.15, 0.2) is 0 Å². The molecule has 0 aliphatic carbocycles. The van der Waals surface area contributed by atoms with Gasteiger partial charge in [-0.2, -0.15) is 0 Å². The largest absolute Gasteiger partial charge is 0.480 e. The Morgan fingerprint density at radius 1 is 1.77 bits per heavy atom. The van der Waals surface area contributed by atoms with Crippen molar-refractivity contribution in [1.29, 1.82) is 0 Å². The SMILES string of the molecule is COc1ncc([C@@H](N)CO)cc1Cl. The number of aliphatic hydroxyl groups excluding tert-OH is 1. The standard InChI is InChI=1S/C8H11ClN2O2/c1-13-8-6(9)2-5(3-11-8)7(10)4-12/h2-3,7,12H,4,10H2,1H3/t7-/m0/s1. The number of aromatic nitrogens is 1. The first kappa shape index (κ1) is 10.2. The highest BCUT2D eigenvalue weighted by Crippen LogP contribution is 2.23. The second-order valence-electron chi connectivity index (χ2n) is 2.55. The highest BCUT2D eigenvalue weighted by molar-refractivity contribution is 6.31. The van der Waals surface area contributed by atoms with Crippen LogP contribution in [0.25, 0.3) is 0 Å². The van der Waals surface area contributed by atoms with E-state index in [2.05, 4.69) is 4.98 Å². The number of hydrogen-bond acceptors (Lipinski definition) is 4. The zero-order valence-corrected chi connectivity index (χ0v) is 7.95. The molecule has 4 nitrogen and oxygen atoms in total. The van der Waals surface area contributed by atoms with Crippen molar-refractivity contribution in [1.82, 2.24) is 4.98 Å². The predicted octanol–water partition coefficient (Wildman–Crippen LogP) is 0.736. The number of nitrogens with zero attached hydrogens (tertiary/aromatic N) is 1. The van der Waals surface area contributed by atoms with Crippen LogP contribution in [0, 0.1) is 0 Å². The molecular weight excluding hydrogens is 192 g/mol. The zero-order valence-electron chi connectivity index (χ0n) is 7.20. The van der Waals surface area contributed by atoms with E-state index in [9.17, 15) is 0 Å². The molecule has 0 bridgehead atoms. The molecule has 0 aromatic carbocycles. The lowest BCUT2D eigenvalue weighted by atomic mass is 10.1. The highest BCUT2D eigenvalue weighted by atomic mass is 35.5. The average molecular weight is 203 g/mol. The second-order valence-corrected chi connectivity index (χ2v) is 2.96. The fraction of sp³-hybridized carbons (Fsp3) is 0.375. The fourth-order valence-corrected chi connectivity index (χ4v) is 1.15. The molecule has 3 N–H and O–H groups in total. The Labute approximate surface area is 81.3 Å². The van der Waals surface area contributed by atoms with Crippen molar-refractivity contribution in [3.05, 3.63) is 22.8 Å². The predicted molar refractivity (Wildman–Crippen MR) is 49.8 cm³/mol. The van der Waals surface area contributed by atoms with Crippen molar-refractivity contribution in [2.75, 3.05) is 13.7 Å². The zero-order chi connectivity index (χ0) is 9.84. The van der Waals surface area contributed by atoms with Crippen molar-refractivity contribution >= 4 is 11.6 Å². The Kier molecular flexibility index (Phi) is 3.48. The van der Waals surface area contributed by atoms with Crippen LogP contribution in [0.5, 0.6) is 5.88 Å². The summed E-state index contributed by atoms with van der Waals surface area (Å²) in [6.45, 7) is -0.135. The maximum Gasteiger partial charge on any atom is 0.232 e. The Morgan fingerprint density at radius 3 is 2.92 bits per heavy atom. The van der Waals surface area contributed by atoms with Crippen molar-refractivity contribution < 1.29 is 9.84 Å². The van der Waals surface area contributed by atoms with Gasteiger partial charge in [0.05, 0.1) is 19.8 Å². The van der Waals surface area contributed by atoms with Crippen LogP contribution in [0.15, 0.2) is 12.3 Å². The van der Waals surface area contributed by atoms with Gasteiger partial charge in [0.2, 0.25) is 5.88 Å². The van der Waals surface area contributed by atoms with E-state index in [0.717, 1.165) is 0 Å². The summed E-state index contributed by atoms with van der Waals surface area (Å²) in [6.07, 6.45) is 1.53. The van der Waals surface area contributed by atoms with Gasteiger partial charge in [0, 0.05) is 6.20 Å². The monoisotopic (exact) mass is 202 g/mol. The molecule has 1 aromatic rings. The number of ether oxygens (including phenoxy) is 1. The Balaban J connectivity index is 2.95. The number of methoxy groups -OCH3 is 1. The highest BCUT2D eigenvalue weighted by Gasteiger charge is 2.08. The third-order valence-corrected chi connectivity index (χ3v) is 1.92. The van der Waals surface area contributed by atoms with Gasteiger partial charge in [0.25, 0.3) is 0 Å². The van der Waals surface area contributed by atoms with Gasteiger partial charge in [-0.05, 0) is 11.6 Å². The van der Waals surface area contributed by atoms with E-state index >= 15 is 0 Å². The first-order valence-electron chi connectivity index (χ1n) is 3.75. The summed E-state index contributed by atoms with van der Waals surface area (Å²) in [4.78, 5) is 3.92.